The van der Waals surface area contributed by atoms with Crippen LogP contribution in [0.3, 0.4) is 0 Å². The quantitative estimate of drug-likeness (QED) is 0.912. The van der Waals surface area contributed by atoms with Crippen LogP contribution in [0.25, 0.3) is 0 Å². The fourth-order valence-electron chi connectivity index (χ4n) is 2.65. The smallest absolute Gasteiger partial charge is 0.368 e. The number of halogens is 3. The third-order valence-electron chi connectivity index (χ3n) is 3.79. The second-order valence-electron chi connectivity index (χ2n) is 5.27. The molecule has 0 saturated carbocycles. The number of rotatable bonds is 3. The number of pyridine rings is 1. The molecule has 116 valence electrons. The summed E-state index contributed by atoms with van der Waals surface area (Å²) in [4.78, 5) is 3.83. The Labute approximate surface area is 126 Å². The van der Waals surface area contributed by atoms with Gasteiger partial charge in [0.1, 0.15) is 5.82 Å². The SMILES string of the molecule is FC(F)(F)c1ccc(NCC2NCCc3ccccc32)nc1. The third kappa shape index (κ3) is 3.22. The largest absolute Gasteiger partial charge is 0.417 e. The zero-order valence-corrected chi connectivity index (χ0v) is 11.8. The minimum atomic E-state index is -4.35. The van der Waals surface area contributed by atoms with Gasteiger partial charge in [-0.3, -0.25) is 0 Å². The molecule has 0 aliphatic carbocycles. The van der Waals surface area contributed by atoms with Gasteiger partial charge in [-0.25, -0.2) is 4.98 Å². The molecule has 0 spiro atoms. The summed E-state index contributed by atoms with van der Waals surface area (Å²) < 4.78 is 37.5. The van der Waals surface area contributed by atoms with Gasteiger partial charge in [-0.15, -0.1) is 0 Å². The Hall–Kier alpha value is -2.08. The van der Waals surface area contributed by atoms with Crippen molar-refractivity contribution in [2.45, 2.75) is 18.6 Å². The lowest BCUT2D eigenvalue weighted by molar-refractivity contribution is -0.137. The van der Waals surface area contributed by atoms with Gasteiger partial charge in [0.2, 0.25) is 0 Å². The van der Waals surface area contributed by atoms with Crippen LogP contribution in [0.5, 0.6) is 0 Å². The highest BCUT2D eigenvalue weighted by atomic mass is 19.4. The maximum atomic E-state index is 12.5. The Bertz CT molecular complexity index is 638. The molecule has 0 radical (unpaired) electrons. The molecule has 3 nitrogen and oxygen atoms in total. The number of hydrogen-bond donors (Lipinski definition) is 2. The summed E-state index contributed by atoms with van der Waals surface area (Å²) in [7, 11) is 0. The molecule has 0 saturated heterocycles. The molecule has 1 aromatic heterocycles. The number of benzene rings is 1. The molecule has 2 heterocycles. The number of nitrogens with zero attached hydrogens (tertiary/aromatic N) is 1. The first-order valence-electron chi connectivity index (χ1n) is 7.12. The molecule has 0 amide bonds. The first-order chi connectivity index (χ1) is 10.5. The zero-order valence-electron chi connectivity index (χ0n) is 11.8. The van der Waals surface area contributed by atoms with Crippen molar-refractivity contribution in [3.05, 3.63) is 59.3 Å². The molecule has 6 heteroatoms. The van der Waals surface area contributed by atoms with Gasteiger partial charge in [0.15, 0.2) is 0 Å². The molecule has 2 N–H and O–H groups in total. The lowest BCUT2D eigenvalue weighted by Crippen LogP contribution is -2.34. The summed E-state index contributed by atoms with van der Waals surface area (Å²) in [5, 5.41) is 6.50. The molecule has 1 atom stereocenters. The molecule has 2 aromatic rings. The lowest BCUT2D eigenvalue weighted by Gasteiger charge is -2.27. The Kier molecular flexibility index (Phi) is 4.02. The summed E-state index contributed by atoms with van der Waals surface area (Å²) in [6, 6.07) is 10.7. The summed E-state index contributed by atoms with van der Waals surface area (Å²) >= 11 is 0. The van der Waals surface area contributed by atoms with Gasteiger partial charge in [-0.05, 0) is 36.2 Å². The number of hydrogen-bond acceptors (Lipinski definition) is 3. The molecule has 1 aliphatic rings. The molecule has 1 aromatic carbocycles. The van der Waals surface area contributed by atoms with Crippen molar-refractivity contribution < 1.29 is 13.2 Å². The number of aromatic nitrogens is 1. The van der Waals surface area contributed by atoms with Crippen LogP contribution in [0, 0.1) is 0 Å². The van der Waals surface area contributed by atoms with Crippen molar-refractivity contribution in [1.82, 2.24) is 10.3 Å². The minimum Gasteiger partial charge on any atom is -0.368 e. The lowest BCUT2D eigenvalue weighted by atomic mass is 9.94. The maximum Gasteiger partial charge on any atom is 0.417 e. The summed E-state index contributed by atoms with van der Waals surface area (Å²) in [5.74, 6) is 0.442. The van der Waals surface area contributed by atoms with Crippen LogP contribution in [0.2, 0.25) is 0 Å². The van der Waals surface area contributed by atoms with E-state index in [-0.39, 0.29) is 6.04 Å². The van der Waals surface area contributed by atoms with E-state index < -0.39 is 11.7 Å². The monoisotopic (exact) mass is 307 g/mol. The Morgan fingerprint density at radius 3 is 2.73 bits per heavy atom. The van der Waals surface area contributed by atoms with E-state index >= 15 is 0 Å². The average Bonchev–Trinajstić information content (AvgIpc) is 2.52. The molecule has 0 fully saturated rings. The van der Waals surface area contributed by atoms with Crippen LogP contribution in [0.4, 0.5) is 19.0 Å². The molecule has 3 rings (SSSR count). The summed E-state index contributed by atoms with van der Waals surface area (Å²) in [6.45, 7) is 1.47. The normalized spacial score (nSPS) is 17.9. The van der Waals surface area contributed by atoms with Crippen LogP contribution in [-0.2, 0) is 12.6 Å². The predicted octanol–water partition coefficient (Wildman–Crippen LogP) is 3.40. The van der Waals surface area contributed by atoms with E-state index in [1.54, 1.807) is 0 Å². The van der Waals surface area contributed by atoms with Crippen molar-refractivity contribution in [2.24, 2.45) is 0 Å². The van der Waals surface area contributed by atoms with Crippen molar-refractivity contribution >= 4 is 5.82 Å². The van der Waals surface area contributed by atoms with E-state index in [1.165, 1.54) is 17.2 Å². The van der Waals surface area contributed by atoms with E-state index in [9.17, 15) is 13.2 Å². The number of nitrogens with one attached hydrogen (secondary N) is 2. The van der Waals surface area contributed by atoms with Crippen molar-refractivity contribution in [3.63, 3.8) is 0 Å². The number of alkyl halides is 3. The van der Waals surface area contributed by atoms with Crippen LogP contribution in [0.15, 0.2) is 42.6 Å². The van der Waals surface area contributed by atoms with Gasteiger partial charge in [-0.2, -0.15) is 13.2 Å². The summed E-state index contributed by atoms with van der Waals surface area (Å²) in [6.07, 6.45) is -2.51. The fourth-order valence-corrected chi connectivity index (χ4v) is 2.65. The van der Waals surface area contributed by atoms with E-state index in [0.29, 0.717) is 12.4 Å². The highest BCUT2D eigenvalue weighted by Crippen LogP contribution is 2.29. The van der Waals surface area contributed by atoms with Gasteiger partial charge in [0, 0.05) is 18.8 Å². The zero-order chi connectivity index (χ0) is 15.6. The standard InChI is InChI=1S/C16H16F3N3/c17-16(18,19)12-5-6-15(21-9-12)22-10-14-13-4-2-1-3-11(13)7-8-20-14/h1-6,9,14,20H,7-8,10H2,(H,21,22). The summed E-state index contributed by atoms with van der Waals surface area (Å²) in [5.41, 5.74) is 1.81. The topological polar surface area (TPSA) is 37.0 Å². The Balaban J connectivity index is 1.66. The fraction of sp³-hybridized carbons (Fsp3) is 0.312. The Morgan fingerprint density at radius 2 is 2.00 bits per heavy atom. The van der Waals surface area contributed by atoms with E-state index in [4.69, 9.17) is 0 Å². The van der Waals surface area contributed by atoms with Crippen LogP contribution < -0.4 is 10.6 Å². The van der Waals surface area contributed by atoms with Gasteiger partial charge in [-0.1, -0.05) is 24.3 Å². The molecule has 22 heavy (non-hydrogen) atoms. The third-order valence-corrected chi connectivity index (χ3v) is 3.79. The molecular weight excluding hydrogens is 291 g/mol. The average molecular weight is 307 g/mol. The highest BCUT2D eigenvalue weighted by molar-refractivity contribution is 5.39. The van der Waals surface area contributed by atoms with Gasteiger partial charge in [0.05, 0.1) is 5.56 Å². The first kappa shape index (κ1) is 14.8. The molecule has 1 aliphatic heterocycles. The van der Waals surface area contributed by atoms with E-state index in [2.05, 4.69) is 27.8 Å². The highest BCUT2D eigenvalue weighted by Gasteiger charge is 2.30. The van der Waals surface area contributed by atoms with Gasteiger partial charge in [0.25, 0.3) is 0 Å². The van der Waals surface area contributed by atoms with E-state index in [1.807, 2.05) is 12.1 Å². The van der Waals surface area contributed by atoms with Crippen LogP contribution in [0.1, 0.15) is 22.7 Å². The minimum absolute atomic E-state index is 0.133. The first-order valence-corrected chi connectivity index (χ1v) is 7.12. The predicted molar refractivity (Wildman–Crippen MR) is 78.6 cm³/mol. The van der Waals surface area contributed by atoms with Crippen molar-refractivity contribution in [1.29, 1.82) is 0 Å². The maximum absolute atomic E-state index is 12.5. The van der Waals surface area contributed by atoms with Crippen molar-refractivity contribution in [3.8, 4) is 0 Å². The van der Waals surface area contributed by atoms with Gasteiger partial charge < -0.3 is 10.6 Å². The van der Waals surface area contributed by atoms with E-state index in [0.717, 1.165) is 25.2 Å². The second kappa shape index (κ2) is 5.96. The van der Waals surface area contributed by atoms with Gasteiger partial charge >= 0.3 is 6.18 Å². The van der Waals surface area contributed by atoms with Crippen LogP contribution in [-0.4, -0.2) is 18.1 Å². The second-order valence-corrected chi connectivity index (χ2v) is 5.27. The molecule has 1 unspecified atom stereocenters. The Morgan fingerprint density at radius 1 is 1.18 bits per heavy atom. The molecule has 0 bridgehead atoms. The number of fused-ring (bicyclic) bond motifs is 1. The van der Waals surface area contributed by atoms with Crippen molar-refractivity contribution in [2.75, 3.05) is 18.4 Å². The molecular formula is C16H16F3N3. The number of anilines is 1. The van der Waals surface area contributed by atoms with Crippen LogP contribution >= 0.6 is 0 Å².